The summed E-state index contributed by atoms with van der Waals surface area (Å²) in [4.78, 5) is 0. The average Bonchev–Trinajstić information content (AvgIpc) is 1.84. The third-order valence-corrected chi connectivity index (χ3v) is 3.89. The first-order chi connectivity index (χ1) is 5.43. The first-order valence-electron chi connectivity index (χ1n) is 4.42. The van der Waals surface area contributed by atoms with Gasteiger partial charge in [-0.1, -0.05) is 6.92 Å². The Hall–Kier alpha value is 0.820. The molecule has 12 heavy (non-hydrogen) atoms. The maximum atomic E-state index is 5.79. The molecule has 0 aromatic carbocycles. The Morgan fingerprint density at radius 3 is 1.92 bits per heavy atom. The van der Waals surface area contributed by atoms with E-state index in [-0.39, 0.29) is 16.1 Å². The van der Waals surface area contributed by atoms with Crippen LogP contribution < -0.4 is 0 Å². The molecule has 0 bridgehead atoms. The topological polar surface area (TPSA) is 9.23 Å². The predicted octanol–water partition coefficient (Wildman–Crippen LogP) is 3.43. The molecule has 0 aliphatic heterocycles. The third-order valence-electron chi connectivity index (χ3n) is 1.83. The minimum Gasteiger partial charge on any atom is -0.357 e. The van der Waals surface area contributed by atoms with Gasteiger partial charge < -0.3 is 4.52 Å². The van der Waals surface area contributed by atoms with Crippen molar-refractivity contribution in [3.63, 3.8) is 0 Å². The van der Waals surface area contributed by atoms with Gasteiger partial charge in [-0.25, -0.2) is 0 Å². The molecule has 0 radical (unpaired) electrons. The van der Waals surface area contributed by atoms with Gasteiger partial charge in [-0.3, -0.25) is 0 Å². The molecule has 0 spiro atoms. The van der Waals surface area contributed by atoms with Crippen molar-refractivity contribution >= 4 is 16.1 Å². The van der Waals surface area contributed by atoms with Gasteiger partial charge in [-0.05, 0) is 45.7 Å². The Morgan fingerprint density at radius 2 is 1.58 bits per heavy atom. The van der Waals surface area contributed by atoms with Crippen LogP contribution in [0, 0.1) is 5.92 Å². The summed E-state index contributed by atoms with van der Waals surface area (Å²) in [7, 11) is 0.0398. The van der Waals surface area contributed by atoms with E-state index in [4.69, 9.17) is 4.52 Å². The third kappa shape index (κ3) is 6.35. The first-order valence-corrected chi connectivity index (χ1v) is 8.99. The molecular weight excluding hydrogens is 186 g/mol. The molecule has 0 amide bonds. The molecule has 0 aliphatic rings. The zero-order valence-electron chi connectivity index (χ0n) is 9.16. The quantitative estimate of drug-likeness (QED) is 0.629. The summed E-state index contributed by atoms with van der Waals surface area (Å²) in [5, 5.41) is 0. The van der Waals surface area contributed by atoms with Crippen molar-refractivity contribution in [3.05, 3.63) is 0 Å². The van der Waals surface area contributed by atoms with Crippen LogP contribution in [0.2, 0.25) is 0 Å². The lowest BCUT2D eigenvalue weighted by Crippen LogP contribution is -2.18. The Bertz CT molecular complexity index is 101. The lowest BCUT2D eigenvalue weighted by atomic mass is 10.1. The minimum absolute atomic E-state index is 0.190. The van der Waals surface area contributed by atoms with E-state index in [1.165, 1.54) is 6.16 Å². The van der Waals surface area contributed by atoms with Crippen LogP contribution in [0.3, 0.4) is 0 Å². The number of hydrogen-bond donors (Lipinski definition) is 0. The summed E-state index contributed by atoms with van der Waals surface area (Å²) in [5.74, 6) is 0.719. The second kappa shape index (κ2) is 6.30. The fourth-order valence-electron chi connectivity index (χ4n) is 1.16. The highest BCUT2D eigenvalue weighted by Gasteiger charge is 2.14. The van der Waals surface area contributed by atoms with Crippen LogP contribution in [-0.4, -0.2) is 38.9 Å². The monoisotopic (exact) mass is 208 g/mol. The van der Waals surface area contributed by atoms with Crippen molar-refractivity contribution in [2.45, 2.75) is 20.0 Å². The van der Waals surface area contributed by atoms with Gasteiger partial charge in [0, 0.05) is 8.15 Å². The maximum absolute atomic E-state index is 5.79. The van der Waals surface area contributed by atoms with E-state index in [2.05, 4.69) is 40.5 Å². The summed E-state index contributed by atoms with van der Waals surface area (Å²) in [5.41, 5.74) is 0. The van der Waals surface area contributed by atoms with Gasteiger partial charge in [0.05, 0.1) is 6.10 Å². The van der Waals surface area contributed by atoms with E-state index in [1.807, 2.05) is 0 Å². The molecule has 3 heteroatoms. The van der Waals surface area contributed by atoms with Gasteiger partial charge in [-0.15, -0.1) is 7.92 Å². The van der Waals surface area contributed by atoms with Crippen LogP contribution in [0.25, 0.3) is 0 Å². The van der Waals surface area contributed by atoms with Crippen molar-refractivity contribution in [2.24, 2.45) is 5.92 Å². The van der Waals surface area contributed by atoms with Crippen LogP contribution in [0.5, 0.6) is 0 Å². The maximum Gasteiger partial charge on any atom is 0.0618 e. The molecule has 0 fully saturated rings. The Kier molecular flexibility index (Phi) is 6.73. The normalized spacial score (nSPS) is 17.0. The highest BCUT2D eigenvalue weighted by molar-refractivity contribution is 7.56. The van der Waals surface area contributed by atoms with Gasteiger partial charge in [0.2, 0.25) is 0 Å². The Balaban J connectivity index is 3.68. The molecule has 0 aromatic rings. The van der Waals surface area contributed by atoms with Crippen LogP contribution in [0.15, 0.2) is 0 Å². The molecule has 0 aromatic heterocycles. The highest BCUT2D eigenvalue weighted by Crippen LogP contribution is 2.34. The van der Waals surface area contributed by atoms with Gasteiger partial charge in [0.15, 0.2) is 0 Å². The standard InChI is InChI=1S/C9H22OP2/c1-8(7-11(3)4)9(2)10-12(5)6/h8-9H,7H2,1-6H3/t8-,9+/m0/s1. The minimum atomic E-state index is -0.190. The molecule has 0 heterocycles. The van der Waals surface area contributed by atoms with Gasteiger partial charge >= 0.3 is 0 Å². The molecule has 0 rings (SSSR count). The second-order valence-corrected chi connectivity index (χ2v) is 8.22. The molecule has 1 nitrogen and oxygen atoms in total. The lowest BCUT2D eigenvalue weighted by molar-refractivity contribution is 0.195. The Morgan fingerprint density at radius 1 is 1.08 bits per heavy atom. The van der Waals surface area contributed by atoms with Gasteiger partial charge in [0.1, 0.15) is 0 Å². The van der Waals surface area contributed by atoms with Gasteiger partial charge in [-0.2, -0.15) is 0 Å². The zero-order valence-corrected chi connectivity index (χ0v) is 11.0. The molecule has 2 atom stereocenters. The van der Waals surface area contributed by atoms with Crippen molar-refractivity contribution in [2.75, 3.05) is 32.8 Å². The predicted molar refractivity (Wildman–Crippen MR) is 62.1 cm³/mol. The van der Waals surface area contributed by atoms with Crippen LogP contribution in [0.1, 0.15) is 13.8 Å². The highest BCUT2D eigenvalue weighted by atomic mass is 31.1. The van der Waals surface area contributed by atoms with E-state index in [1.54, 1.807) is 0 Å². The van der Waals surface area contributed by atoms with Crippen LogP contribution >= 0.6 is 16.1 Å². The van der Waals surface area contributed by atoms with Crippen LogP contribution in [0.4, 0.5) is 0 Å². The van der Waals surface area contributed by atoms with Crippen molar-refractivity contribution in [1.29, 1.82) is 0 Å². The summed E-state index contributed by atoms with van der Waals surface area (Å²) >= 11 is 0. The molecule has 0 aliphatic carbocycles. The van der Waals surface area contributed by atoms with E-state index < -0.39 is 0 Å². The molecule has 0 saturated heterocycles. The van der Waals surface area contributed by atoms with E-state index >= 15 is 0 Å². The van der Waals surface area contributed by atoms with E-state index in [0.29, 0.717) is 6.10 Å². The molecule has 0 unspecified atom stereocenters. The molecular formula is C9H22OP2. The largest absolute Gasteiger partial charge is 0.357 e. The molecule has 74 valence electrons. The fraction of sp³-hybridized carbons (Fsp3) is 1.00. The summed E-state index contributed by atoms with van der Waals surface area (Å²) in [6, 6.07) is 0. The molecule has 0 N–H and O–H groups in total. The van der Waals surface area contributed by atoms with Crippen molar-refractivity contribution < 1.29 is 4.52 Å². The second-order valence-electron chi connectivity index (χ2n) is 3.86. The SMILES string of the molecule is C[C@@H](CP(C)C)[C@@H](C)OP(C)C. The van der Waals surface area contributed by atoms with Gasteiger partial charge in [0.25, 0.3) is 0 Å². The van der Waals surface area contributed by atoms with Crippen molar-refractivity contribution in [1.82, 2.24) is 0 Å². The van der Waals surface area contributed by atoms with Crippen LogP contribution in [-0.2, 0) is 4.52 Å². The number of hydrogen-bond acceptors (Lipinski definition) is 1. The zero-order chi connectivity index (χ0) is 9.72. The first kappa shape index (κ1) is 12.8. The lowest BCUT2D eigenvalue weighted by Gasteiger charge is -2.23. The molecule has 0 saturated carbocycles. The average molecular weight is 208 g/mol. The summed E-state index contributed by atoms with van der Waals surface area (Å²) < 4.78 is 5.79. The van der Waals surface area contributed by atoms with Crippen molar-refractivity contribution in [3.8, 4) is 0 Å². The summed E-state index contributed by atoms with van der Waals surface area (Å²) in [6.45, 7) is 13.5. The number of rotatable bonds is 5. The smallest absolute Gasteiger partial charge is 0.0618 e. The fourth-order valence-corrected chi connectivity index (χ4v) is 3.48. The summed E-state index contributed by atoms with van der Waals surface area (Å²) in [6.07, 6.45) is 1.77. The Labute approximate surface area is 79.9 Å². The van der Waals surface area contributed by atoms with E-state index in [9.17, 15) is 0 Å². The van der Waals surface area contributed by atoms with E-state index in [0.717, 1.165) is 5.92 Å².